The maximum Gasteiger partial charge on any atom is 0.338 e. The zero-order chi connectivity index (χ0) is 26.8. The van der Waals surface area contributed by atoms with Crippen LogP contribution in [0.25, 0.3) is 0 Å². The molecule has 0 aromatic heterocycles. The van der Waals surface area contributed by atoms with Gasteiger partial charge in [-0.25, -0.2) is 4.79 Å². The average Bonchev–Trinajstić information content (AvgIpc) is 3.19. The highest BCUT2D eigenvalue weighted by atomic mass is 16.5. The standard InChI is InChI=1S/C34H50N2O2/c1-20(2)6-5-7-21(3)29-10-11-30-28-9-8-24-16-27(38-32(37)22-14-25(35)17-26(36)15-22)12-13-34(24)19-23(31(28)34)18-33(29,30)4/h14-15,17,19-21,24,27-31H,5-13,16,18,35-36H2,1-4H3. The van der Waals surface area contributed by atoms with E-state index in [-0.39, 0.29) is 12.1 Å². The second-order valence-electron chi connectivity index (χ2n) is 14.7. The molecule has 4 saturated carbocycles. The normalized spacial score (nSPS) is 39.9. The predicted molar refractivity (Wildman–Crippen MR) is 155 cm³/mol. The van der Waals surface area contributed by atoms with E-state index in [1.165, 1.54) is 57.8 Å². The molecule has 5 aliphatic rings. The summed E-state index contributed by atoms with van der Waals surface area (Å²) in [4.78, 5) is 12.9. The number of hydrogen-bond acceptors (Lipinski definition) is 4. The number of nitrogens with two attached hydrogens (primary N) is 2. The van der Waals surface area contributed by atoms with Crippen molar-refractivity contribution in [3.63, 3.8) is 0 Å². The van der Waals surface area contributed by atoms with Crippen molar-refractivity contribution < 1.29 is 9.53 Å². The minimum Gasteiger partial charge on any atom is -0.459 e. The van der Waals surface area contributed by atoms with Crippen LogP contribution in [0.2, 0.25) is 0 Å². The molecule has 1 aromatic carbocycles. The van der Waals surface area contributed by atoms with Crippen molar-refractivity contribution in [1.82, 2.24) is 0 Å². The lowest BCUT2D eigenvalue weighted by molar-refractivity contribution is -0.113. The fourth-order valence-electron chi connectivity index (χ4n) is 10.7. The lowest BCUT2D eigenvalue weighted by Crippen LogP contribution is -2.60. The first-order valence-corrected chi connectivity index (χ1v) is 15.7. The summed E-state index contributed by atoms with van der Waals surface area (Å²) in [6, 6.07) is 5.03. The smallest absolute Gasteiger partial charge is 0.338 e. The van der Waals surface area contributed by atoms with Gasteiger partial charge in [-0.1, -0.05) is 58.6 Å². The molecule has 38 heavy (non-hydrogen) atoms. The highest BCUT2D eigenvalue weighted by molar-refractivity contribution is 5.91. The maximum absolute atomic E-state index is 12.9. The first-order chi connectivity index (χ1) is 18.1. The molecule has 4 heteroatoms. The number of hydrogen-bond donors (Lipinski definition) is 2. The molecule has 1 spiro atoms. The molecular formula is C34H50N2O2. The first-order valence-electron chi connectivity index (χ1n) is 15.7. The van der Waals surface area contributed by atoms with Gasteiger partial charge < -0.3 is 16.2 Å². The minimum atomic E-state index is -0.281. The topological polar surface area (TPSA) is 78.3 Å². The molecule has 1 aromatic rings. The van der Waals surface area contributed by atoms with E-state index in [2.05, 4.69) is 33.8 Å². The molecule has 0 amide bonds. The Morgan fingerprint density at radius 2 is 1.79 bits per heavy atom. The molecule has 0 heterocycles. The zero-order valence-electron chi connectivity index (χ0n) is 24.2. The Bertz CT molecular complexity index is 1090. The van der Waals surface area contributed by atoms with Gasteiger partial charge in [-0.05, 0) is 122 Å². The molecule has 4 nitrogen and oxygen atoms in total. The zero-order valence-corrected chi connectivity index (χ0v) is 24.2. The number of carbonyl (C=O) groups excluding carboxylic acids is 1. The van der Waals surface area contributed by atoms with Crippen LogP contribution in [0.15, 0.2) is 29.8 Å². The van der Waals surface area contributed by atoms with Gasteiger partial charge in [0.2, 0.25) is 0 Å². The average molecular weight is 519 g/mol. The van der Waals surface area contributed by atoms with E-state index in [1.807, 2.05) is 5.57 Å². The van der Waals surface area contributed by atoms with Gasteiger partial charge in [0.1, 0.15) is 6.10 Å². The van der Waals surface area contributed by atoms with Crippen molar-refractivity contribution in [3.05, 3.63) is 35.4 Å². The van der Waals surface area contributed by atoms with E-state index in [0.717, 1.165) is 48.3 Å². The molecule has 6 rings (SSSR count). The van der Waals surface area contributed by atoms with Crippen molar-refractivity contribution in [3.8, 4) is 0 Å². The fourth-order valence-corrected chi connectivity index (χ4v) is 10.7. The van der Waals surface area contributed by atoms with Crippen molar-refractivity contribution in [2.75, 3.05) is 11.5 Å². The molecular weight excluding hydrogens is 468 g/mol. The number of benzene rings is 1. The number of rotatable bonds is 7. The number of fused-ring (bicyclic) bond motifs is 2. The summed E-state index contributed by atoms with van der Waals surface area (Å²) in [5.41, 5.74) is 16.0. The van der Waals surface area contributed by atoms with Gasteiger partial charge in [-0.3, -0.25) is 0 Å². The van der Waals surface area contributed by atoms with Crippen molar-refractivity contribution in [2.24, 2.45) is 52.3 Å². The van der Waals surface area contributed by atoms with E-state index >= 15 is 0 Å². The molecule has 9 unspecified atom stereocenters. The Labute approximate surface area is 230 Å². The van der Waals surface area contributed by atoms with Crippen LogP contribution in [0.3, 0.4) is 0 Å². The summed E-state index contributed by atoms with van der Waals surface area (Å²) in [7, 11) is 0. The van der Waals surface area contributed by atoms with E-state index in [9.17, 15) is 4.79 Å². The summed E-state index contributed by atoms with van der Waals surface area (Å²) < 4.78 is 6.04. The molecule has 0 radical (unpaired) electrons. The van der Waals surface area contributed by atoms with Crippen LogP contribution in [-0.4, -0.2) is 12.1 Å². The van der Waals surface area contributed by atoms with Crippen LogP contribution in [0.1, 0.15) is 109 Å². The van der Waals surface area contributed by atoms with E-state index < -0.39 is 0 Å². The summed E-state index contributed by atoms with van der Waals surface area (Å²) >= 11 is 0. The minimum absolute atomic E-state index is 0.00573. The second kappa shape index (κ2) is 9.59. The molecule has 5 aliphatic carbocycles. The second-order valence-corrected chi connectivity index (χ2v) is 14.7. The Balaban J connectivity index is 1.14. The number of nitrogen functional groups attached to an aromatic ring is 2. The fraction of sp³-hybridized carbons (Fsp3) is 0.735. The van der Waals surface area contributed by atoms with Crippen LogP contribution < -0.4 is 11.5 Å². The van der Waals surface area contributed by atoms with E-state index in [1.54, 1.807) is 18.2 Å². The lowest BCUT2D eigenvalue weighted by atomic mass is 9.37. The Kier molecular flexibility index (Phi) is 6.63. The highest BCUT2D eigenvalue weighted by Gasteiger charge is 2.66. The largest absolute Gasteiger partial charge is 0.459 e. The van der Waals surface area contributed by atoms with Crippen LogP contribution in [0, 0.1) is 52.3 Å². The summed E-state index contributed by atoms with van der Waals surface area (Å²) in [5, 5.41) is 0. The summed E-state index contributed by atoms with van der Waals surface area (Å²) in [6.07, 6.45) is 17.0. The molecule has 0 saturated heterocycles. The molecule has 0 bridgehead atoms. The Hall–Kier alpha value is -1.97. The van der Waals surface area contributed by atoms with Crippen molar-refractivity contribution >= 4 is 17.3 Å². The number of ether oxygens (including phenoxy) is 1. The maximum atomic E-state index is 12.9. The molecule has 0 aliphatic heterocycles. The molecule has 4 N–H and O–H groups in total. The molecule has 4 fully saturated rings. The third-order valence-corrected chi connectivity index (χ3v) is 12.1. The Morgan fingerprint density at radius 1 is 1.03 bits per heavy atom. The predicted octanol–water partition coefficient (Wildman–Crippen LogP) is 8.03. The third-order valence-electron chi connectivity index (χ3n) is 12.1. The van der Waals surface area contributed by atoms with Gasteiger partial charge in [0, 0.05) is 11.4 Å². The van der Waals surface area contributed by atoms with Gasteiger partial charge in [-0.15, -0.1) is 0 Å². The van der Waals surface area contributed by atoms with Crippen LogP contribution in [0.4, 0.5) is 11.4 Å². The SMILES string of the molecule is CC(C)CCCC(C)C1CCC2C3CCC4CC(OC(=O)c5cc(N)cc(N)c5)CCC45C=C(CC12C)C35. The number of carbonyl (C=O) groups is 1. The van der Waals surface area contributed by atoms with Crippen molar-refractivity contribution in [1.29, 1.82) is 0 Å². The summed E-state index contributed by atoms with van der Waals surface area (Å²) in [5.74, 6) is 5.54. The van der Waals surface area contributed by atoms with Gasteiger partial charge in [0.15, 0.2) is 0 Å². The number of anilines is 2. The quantitative estimate of drug-likeness (QED) is 0.218. The Morgan fingerprint density at radius 3 is 2.53 bits per heavy atom. The van der Waals surface area contributed by atoms with E-state index in [0.29, 0.717) is 33.7 Å². The van der Waals surface area contributed by atoms with Gasteiger partial charge >= 0.3 is 5.97 Å². The summed E-state index contributed by atoms with van der Waals surface area (Å²) in [6.45, 7) is 9.98. The number of esters is 1. The molecule has 208 valence electrons. The van der Waals surface area contributed by atoms with Crippen molar-refractivity contribution in [2.45, 2.75) is 104 Å². The first kappa shape index (κ1) is 26.3. The van der Waals surface area contributed by atoms with Crippen LogP contribution >= 0.6 is 0 Å². The van der Waals surface area contributed by atoms with Gasteiger partial charge in [0.25, 0.3) is 0 Å². The lowest BCUT2D eigenvalue weighted by Gasteiger charge is -2.67. The van der Waals surface area contributed by atoms with Crippen LogP contribution in [-0.2, 0) is 4.74 Å². The molecule has 9 atom stereocenters. The van der Waals surface area contributed by atoms with Gasteiger partial charge in [0.05, 0.1) is 5.56 Å². The third kappa shape index (κ3) is 4.20. The van der Waals surface area contributed by atoms with Crippen LogP contribution in [0.5, 0.6) is 0 Å². The van der Waals surface area contributed by atoms with Gasteiger partial charge in [-0.2, -0.15) is 0 Å². The highest BCUT2D eigenvalue weighted by Crippen LogP contribution is 2.74. The monoisotopic (exact) mass is 518 g/mol. The number of allylic oxidation sites excluding steroid dienone is 2. The van der Waals surface area contributed by atoms with E-state index in [4.69, 9.17) is 16.2 Å².